The van der Waals surface area contributed by atoms with Crippen molar-refractivity contribution in [2.75, 3.05) is 59.2 Å². The largest absolute Gasteiger partial charge is 0.385 e. The van der Waals surface area contributed by atoms with Crippen molar-refractivity contribution in [1.29, 1.82) is 0 Å². The summed E-state index contributed by atoms with van der Waals surface area (Å²) in [6, 6.07) is 6.41. The van der Waals surface area contributed by atoms with Crippen LogP contribution in [0.25, 0.3) is 11.3 Å². The lowest BCUT2D eigenvalue weighted by Gasteiger charge is -2.31. The molecule has 1 saturated heterocycles. The van der Waals surface area contributed by atoms with Crippen LogP contribution in [0.5, 0.6) is 0 Å². The Hall–Kier alpha value is -2.31. The highest BCUT2D eigenvalue weighted by Crippen LogP contribution is 2.23. The van der Waals surface area contributed by atoms with E-state index in [1.54, 1.807) is 31.4 Å². The molecule has 1 fully saturated rings. The molecule has 2 aromatic rings. The molecule has 1 aromatic carbocycles. The molecule has 32 heavy (non-hydrogen) atoms. The number of likely N-dealkylation sites (N-methyl/N-ethyl adjacent to an activating group) is 1. The lowest BCUT2D eigenvalue weighted by molar-refractivity contribution is 0.0944. The van der Waals surface area contributed by atoms with Gasteiger partial charge in [0.15, 0.2) is 11.5 Å². The first-order chi connectivity index (χ1) is 14.8. The number of aromatic nitrogens is 2. The molecule has 0 spiro atoms. The molecule has 3 rings (SSSR count). The minimum atomic E-state index is -3.55. The van der Waals surface area contributed by atoms with Crippen LogP contribution < -0.4 is 11.1 Å². The van der Waals surface area contributed by atoms with Crippen LogP contribution in [0.1, 0.15) is 16.9 Å². The minimum Gasteiger partial charge on any atom is -0.385 e. The monoisotopic (exact) mass is 484 g/mol. The van der Waals surface area contributed by atoms with E-state index in [1.165, 1.54) is 10.5 Å². The first kappa shape index (κ1) is 25.9. The Morgan fingerprint density at radius 1 is 1.19 bits per heavy atom. The quantitative estimate of drug-likeness (QED) is 0.527. The standard InChI is InChI=1S/C20H28N6O4S.ClH/c1-25-9-11-26(12-10-25)31(28,29)16-6-4-15(5-7-16)17-14-23-19(21)18(24-17)20(27)22-8-3-13-30-2;/h4-7,14H,3,8-13H2,1-2H3,(H2,21,23)(H,22,27);1H. The number of nitrogens with one attached hydrogen (secondary N) is 1. The lowest BCUT2D eigenvalue weighted by Crippen LogP contribution is -2.46. The van der Waals surface area contributed by atoms with Gasteiger partial charge in [0, 0.05) is 52.0 Å². The molecule has 1 amide bonds. The Morgan fingerprint density at radius 2 is 1.84 bits per heavy atom. The smallest absolute Gasteiger partial charge is 0.273 e. The number of sulfonamides is 1. The average Bonchev–Trinajstić information content (AvgIpc) is 2.77. The molecular weight excluding hydrogens is 456 g/mol. The topological polar surface area (TPSA) is 131 Å². The summed E-state index contributed by atoms with van der Waals surface area (Å²) in [5.74, 6) is -0.389. The van der Waals surface area contributed by atoms with Crippen molar-refractivity contribution >= 4 is 34.2 Å². The van der Waals surface area contributed by atoms with E-state index in [0.29, 0.717) is 57.0 Å². The molecule has 0 atom stereocenters. The number of nitrogen functional groups attached to an aromatic ring is 1. The van der Waals surface area contributed by atoms with Crippen LogP contribution in [0.2, 0.25) is 0 Å². The number of carbonyl (C=O) groups is 1. The zero-order valence-corrected chi connectivity index (χ0v) is 19.8. The number of ether oxygens (including phenoxy) is 1. The van der Waals surface area contributed by atoms with Crippen molar-refractivity contribution in [1.82, 2.24) is 24.5 Å². The van der Waals surface area contributed by atoms with Crippen LogP contribution >= 0.6 is 12.4 Å². The molecule has 1 aliphatic rings. The number of nitrogens with zero attached hydrogens (tertiary/aromatic N) is 4. The van der Waals surface area contributed by atoms with Gasteiger partial charge in [-0.25, -0.2) is 18.4 Å². The number of piperazine rings is 1. The molecule has 0 radical (unpaired) electrons. The molecule has 3 N–H and O–H groups in total. The van der Waals surface area contributed by atoms with Gasteiger partial charge in [-0.05, 0) is 25.6 Å². The van der Waals surface area contributed by atoms with Gasteiger partial charge in [0.05, 0.1) is 16.8 Å². The molecule has 1 aromatic heterocycles. The second kappa shape index (κ2) is 11.5. The highest BCUT2D eigenvalue weighted by atomic mass is 35.5. The first-order valence-corrected chi connectivity index (χ1v) is 11.5. The van der Waals surface area contributed by atoms with E-state index in [2.05, 4.69) is 20.2 Å². The van der Waals surface area contributed by atoms with E-state index in [-0.39, 0.29) is 28.8 Å². The third-order valence-electron chi connectivity index (χ3n) is 5.08. The van der Waals surface area contributed by atoms with Gasteiger partial charge >= 0.3 is 0 Å². The fraction of sp³-hybridized carbons (Fsp3) is 0.450. The Labute approximate surface area is 194 Å². The average molecular weight is 485 g/mol. The number of anilines is 1. The summed E-state index contributed by atoms with van der Waals surface area (Å²) in [6.07, 6.45) is 2.12. The summed E-state index contributed by atoms with van der Waals surface area (Å²) in [6.45, 7) is 3.30. The van der Waals surface area contributed by atoms with Crippen LogP contribution in [0.15, 0.2) is 35.4 Å². The van der Waals surface area contributed by atoms with Gasteiger partial charge in [-0.3, -0.25) is 4.79 Å². The predicted molar refractivity (Wildman–Crippen MR) is 124 cm³/mol. The molecular formula is C20H29ClN6O4S. The maximum atomic E-state index is 12.9. The summed E-state index contributed by atoms with van der Waals surface area (Å²) in [5.41, 5.74) is 6.92. The number of carbonyl (C=O) groups excluding carboxylic acids is 1. The molecule has 10 nitrogen and oxygen atoms in total. The first-order valence-electron chi connectivity index (χ1n) is 10.0. The maximum Gasteiger partial charge on any atom is 0.273 e. The number of methoxy groups -OCH3 is 1. The Balaban J connectivity index is 0.00000363. The van der Waals surface area contributed by atoms with Gasteiger partial charge in [0.1, 0.15) is 0 Å². The SMILES string of the molecule is COCCCNC(=O)c1nc(-c2ccc(S(=O)(=O)N3CCN(C)CC3)cc2)cnc1N.Cl. The van der Waals surface area contributed by atoms with E-state index in [4.69, 9.17) is 10.5 Å². The van der Waals surface area contributed by atoms with E-state index >= 15 is 0 Å². The second-order valence-electron chi connectivity index (χ2n) is 7.32. The lowest BCUT2D eigenvalue weighted by atomic mass is 10.1. The number of halogens is 1. The zero-order chi connectivity index (χ0) is 22.4. The number of hydrogen-bond acceptors (Lipinski definition) is 8. The number of rotatable bonds is 8. The highest BCUT2D eigenvalue weighted by Gasteiger charge is 2.27. The Bertz CT molecular complexity index is 1010. The van der Waals surface area contributed by atoms with Crippen molar-refractivity contribution in [2.24, 2.45) is 0 Å². The van der Waals surface area contributed by atoms with Crippen LogP contribution in [0.3, 0.4) is 0 Å². The van der Waals surface area contributed by atoms with Gasteiger partial charge in [-0.1, -0.05) is 12.1 Å². The molecule has 0 saturated carbocycles. The zero-order valence-electron chi connectivity index (χ0n) is 18.2. The van der Waals surface area contributed by atoms with Gasteiger partial charge in [0.25, 0.3) is 5.91 Å². The van der Waals surface area contributed by atoms with E-state index < -0.39 is 15.9 Å². The highest BCUT2D eigenvalue weighted by molar-refractivity contribution is 7.89. The third-order valence-corrected chi connectivity index (χ3v) is 6.99. The predicted octanol–water partition coefficient (Wildman–Crippen LogP) is 0.850. The van der Waals surface area contributed by atoms with E-state index in [1.807, 2.05) is 7.05 Å². The Kier molecular flexibility index (Phi) is 9.34. The summed E-state index contributed by atoms with van der Waals surface area (Å²) >= 11 is 0. The van der Waals surface area contributed by atoms with Crippen molar-refractivity contribution < 1.29 is 17.9 Å². The molecule has 0 unspecified atom stereocenters. The minimum absolute atomic E-state index is 0. The van der Waals surface area contributed by atoms with Crippen molar-refractivity contribution in [3.05, 3.63) is 36.2 Å². The normalized spacial score (nSPS) is 15.2. The fourth-order valence-corrected chi connectivity index (χ4v) is 4.60. The van der Waals surface area contributed by atoms with Crippen LogP contribution in [0, 0.1) is 0 Å². The Morgan fingerprint density at radius 3 is 2.47 bits per heavy atom. The molecule has 0 aliphatic carbocycles. The second-order valence-corrected chi connectivity index (χ2v) is 9.26. The molecule has 2 heterocycles. The maximum absolute atomic E-state index is 12.9. The van der Waals surface area contributed by atoms with E-state index in [9.17, 15) is 13.2 Å². The third kappa shape index (κ3) is 6.14. The molecule has 0 bridgehead atoms. The van der Waals surface area contributed by atoms with Gasteiger partial charge in [-0.2, -0.15) is 4.31 Å². The summed E-state index contributed by atoms with van der Waals surface area (Å²) in [5, 5.41) is 2.73. The van der Waals surface area contributed by atoms with E-state index in [0.717, 1.165) is 0 Å². The molecule has 12 heteroatoms. The summed E-state index contributed by atoms with van der Waals surface area (Å²) < 4.78 is 32.2. The summed E-state index contributed by atoms with van der Waals surface area (Å²) in [4.78, 5) is 23.1. The number of benzene rings is 1. The van der Waals surface area contributed by atoms with Crippen LogP contribution in [0.4, 0.5) is 5.82 Å². The van der Waals surface area contributed by atoms with Gasteiger partial charge in [-0.15, -0.1) is 12.4 Å². The van der Waals surface area contributed by atoms with Gasteiger partial charge in [0.2, 0.25) is 10.0 Å². The molecule has 1 aliphatic heterocycles. The summed E-state index contributed by atoms with van der Waals surface area (Å²) in [7, 11) is 0.0149. The number of nitrogens with two attached hydrogens (primary N) is 1. The van der Waals surface area contributed by atoms with Crippen molar-refractivity contribution in [2.45, 2.75) is 11.3 Å². The number of amides is 1. The number of hydrogen-bond donors (Lipinski definition) is 2. The van der Waals surface area contributed by atoms with Crippen molar-refractivity contribution in [3.8, 4) is 11.3 Å². The van der Waals surface area contributed by atoms with Gasteiger partial charge < -0.3 is 20.7 Å². The van der Waals surface area contributed by atoms with Crippen molar-refractivity contribution in [3.63, 3.8) is 0 Å². The van der Waals surface area contributed by atoms with Crippen LogP contribution in [-0.4, -0.2) is 87.0 Å². The fourth-order valence-electron chi connectivity index (χ4n) is 3.18. The van der Waals surface area contributed by atoms with Crippen LogP contribution in [-0.2, 0) is 14.8 Å². The molecule has 176 valence electrons.